The quantitative estimate of drug-likeness (QED) is 0.741. The summed E-state index contributed by atoms with van der Waals surface area (Å²) in [5.74, 6) is 3.25. The summed E-state index contributed by atoms with van der Waals surface area (Å²) < 4.78 is 0. The molecule has 0 radical (unpaired) electrons. The van der Waals surface area contributed by atoms with E-state index in [1.165, 1.54) is 44.9 Å². The van der Waals surface area contributed by atoms with Crippen LogP contribution in [0.1, 0.15) is 72.1 Å². The van der Waals surface area contributed by atoms with Crippen LogP contribution in [-0.2, 0) is 4.79 Å². The zero-order valence-electron chi connectivity index (χ0n) is 16.0. The van der Waals surface area contributed by atoms with Crippen molar-refractivity contribution in [2.24, 2.45) is 34.5 Å². The molecule has 0 aromatic carbocycles. The molecule has 0 bridgehead atoms. The molecule has 4 rings (SSSR count). The molecule has 3 saturated carbocycles. The highest BCUT2D eigenvalue weighted by Crippen LogP contribution is 2.66. The van der Waals surface area contributed by atoms with Crippen LogP contribution in [0.15, 0.2) is 11.6 Å². The van der Waals surface area contributed by atoms with Crippen LogP contribution in [0.25, 0.3) is 0 Å². The van der Waals surface area contributed by atoms with E-state index in [0.717, 1.165) is 24.2 Å². The molecule has 0 aromatic rings. The van der Waals surface area contributed by atoms with Crippen LogP contribution < -0.4 is 5.32 Å². The fraction of sp³-hybridized carbons (Fsp3) is 0.864. The molecule has 4 aliphatic carbocycles. The zero-order chi connectivity index (χ0) is 17.1. The van der Waals surface area contributed by atoms with Crippen molar-refractivity contribution in [2.75, 3.05) is 7.05 Å². The van der Waals surface area contributed by atoms with Crippen molar-refractivity contribution in [1.82, 2.24) is 5.32 Å². The highest BCUT2D eigenvalue weighted by Gasteiger charge is 2.59. The summed E-state index contributed by atoms with van der Waals surface area (Å²) in [6, 6.07) is 0.684. The van der Waals surface area contributed by atoms with Crippen molar-refractivity contribution in [3.63, 3.8) is 0 Å². The first-order chi connectivity index (χ1) is 11.4. The minimum atomic E-state index is 0.289. The minimum absolute atomic E-state index is 0.289. The van der Waals surface area contributed by atoms with Gasteiger partial charge in [-0.3, -0.25) is 4.79 Å². The van der Waals surface area contributed by atoms with Crippen molar-refractivity contribution >= 4 is 5.78 Å². The summed E-state index contributed by atoms with van der Waals surface area (Å²) in [5, 5.41) is 3.51. The molecular weight excluding hydrogens is 294 g/mol. The fourth-order valence-corrected chi connectivity index (χ4v) is 7.58. The van der Waals surface area contributed by atoms with E-state index in [1.807, 2.05) is 6.92 Å². The standard InChI is InChI=1S/C22H35NO/c1-14(24)18-7-8-19-17-6-5-15-13-16(23-4)9-11-21(15,2)20(17)10-12-22(18,19)3/h5,16-20,23H,6-13H2,1-4H3/t16?,17-,18+,19-,20-,21-,22+/m0/s1. The number of fused-ring (bicyclic) bond motifs is 5. The highest BCUT2D eigenvalue weighted by atomic mass is 16.1. The number of carbonyl (C=O) groups is 1. The lowest BCUT2D eigenvalue weighted by atomic mass is 9.47. The third-order valence-electron chi connectivity index (χ3n) is 9.00. The Balaban J connectivity index is 1.63. The van der Waals surface area contributed by atoms with Gasteiger partial charge in [-0.05, 0) is 93.9 Å². The maximum absolute atomic E-state index is 12.2. The molecular formula is C22H35NO. The molecule has 24 heavy (non-hydrogen) atoms. The number of hydrogen-bond donors (Lipinski definition) is 1. The SMILES string of the molecule is CNC1CC[C@@]2(C)C(=CC[C@H]3[C@@H]4CC[C@H](C(C)=O)[C@@]4(C)CC[C@@H]32)C1. The second-order valence-corrected chi connectivity index (χ2v) is 9.77. The van der Waals surface area contributed by atoms with Gasteiger partial charge in [-0.1, -0.05) is 25.5 Å². The van der Waals surface area contributed by atoms with Crippen molar-refractivity contribution < 1.29 is 4.79 Å². The van der Waals surface area contributed by atoms with Crippen LogP contribution in [0.4, 0.5) is 0 Å². The van der Waals surface area contributed by atoms with E-state index in [0.29, 0.717) is 23.2 Å². The Kier molecular flexibility index (Phi) is 3.99. The van der Waals surface area contributed by atoms with Gasteiger partial charge in [0.15, 0.2) is 0 Å². The molecule has 7 atom stereocenters. The van der Waals surface area contributed by atoms with E-state index in [9.17, 15) is 4.79 Å². The van der Waals surface area contributed by atoms with Gasteiger partial charge < -0.3 is 5.32 Å². The molecule has 0 spiro atoms. The Morgan fingerprint density at radius 2 is 1.92 bits per heavy atom. The molecule has 0 aromatic heterocycles. The monoisotopic (exact) mass is 329 g/mol. The van der Waals surface area contributed by atoms with Gasteiger partial charge in [0.25, 0.3) is 0 Å². The van der Waals surface area contributed by atoms with Gasteiger partial charge in [0.05, 0.1) is 0 Å². The van der Waals surface area contributed by atoms with Gasteiger partial charge in [-0.15, -0.1) is 0 Å². The lowest BCUT2D eigenvalue weighted by Crippen LogP contribution is -2.51. The highest BCUT2D eigenvalue weighted by molar-refractivity contribution is 5.79. The third kappa shape index (κ3) is 2.21. The predicted molar refractivity (Wildman–Crippen MR) is 98.7 cm³/mol. The van der Waals surface area contributed by atoms with E-state index < -0.39 is 0 Å². The number of nitrogens with one attached hydrogen (secondary N) is 1. The maximum Gasteiger partial charge on any atom is 0.133 e. The number of allylic oxidation sites excluding steroid dienone is 1. The second kappa shape index (κ2) is 5.69. The van der Waals surface area contributed by atoms with Gasteiger partial charge in [0, 0.05) is 12.0 Å². The topological polar surface area (TPSA) is 29.1 Å². The molecule has 1 unspecified atom stereocenters. The predicted octanol–water partition coefficient (Wildman–Crippen LogP) is 4.74. The molecule has 2 nitrogen and oxygen atoms in total. The first kappa shape index (κ1) is 16.8. The van der Waals surface area contributed by atoms with Crippen LogP contribution in [0.5, 0.6) is 0 Å². The second-order valence-electron chi connectivity index (χ2n) is 9.77. The van der Waals surface area contributed by atoms with Gasteiger partial charge >= 0.3 is 0 Å². The number of hydrogen-bond acceptors (Lipinski definition) is 2. The first-order valence-electron chi connectivity index (χ1n) is 10.3. The van der Waals surface area contributed by atoms with E-state index >= 15 is 0 Å². The summed E-state index contributed by atoms with van der Waals surface area (Å²) in [6.45, 7) is 6.86. The van der Waals surface area contributed by atoms with Crippen molar-refractivity contribution in [3.05, 3.63) is 11.6 Å². The minimum Gasteiger partial charge on any atom is -0.317 e. The number of Topliss-reactive ketones (excluding diaryl/α,β-unsaturated/α-hetero) is 1. The summed E-state index contributed by atoms with van der Waals surface area (Å²) in [5.41, 5.74) is 2.47. The third-order valence-corrected chi connectivity index (χ3v) is 9.00. The summed E-state index contributed by atoms with van der Waals surface area (Å²) in [4.78, 5) is 12.2. The Morgan fingerprint density at radius 1 is 1.12 bits per heavy atom. The van der Waals surface area contributed by atoms with Gasteiger partial charge in [0.2, 0.25) is 0 Å². The Morgan fingerprint density at radius 3 is 2.62 bits per heavy atom. The van der Waals surface area contributed by atoms with Crippen molar-refractivity contribution in [1.29, 1.82) is 0 Å². The summed E-state index contributed by atoms with van der Waals surface area (Å²) in [6.07, 6.45) is 12.9. The van der Waals surface area contributed by atoms with Gasteiger partial charge in [0.1, 0.15) is 5.78 Å². The van der Waals surface area contributed by atoms with Gasteiger partial charge in [-0.2, -0.15) is 0 Å². The van der Waals surface area contributed by atoms with E-state index in [-0.39, 0.29) is 5.41 Å². The largest absolute Gasteiger partial charge is 0.317 e. The smallest absolute Gasteiger partial charge is 0.133 e. The average molecular weight is 330 g/mol. The molecule has 0 saturated heterocycles. The fourth-order valence-electron chi connectivity index (χ4n) is 7.58. The molecule has 2 heteroatoms. The van der Waals surface area contributed by atoms with E-state index in [2.05, 4.69) is 32.3 Å². The van der Waals surface area contributed by atoms with Crippen LogP contribution >= 0.6 is 0 Å². The van der Waals surface area contributed by atoms with Crippen molar-refractivity contribution in [3.8, 4) is 0 Å². The molecule has 3 fully saturated rings. The van der Waals surface area contributed by atoms with Crippen LogP contribution in [0.3, 0.4) is 0 Å². The Labute approximate surface area is 147 Å². The van der Waals surface area contributed by atoms with Gasteiger partial charge in [-0.25, -0.2) is 0 Å². The molecule has 0 heterocycles. The van der Waals surface area contributed by atoms with E-state index in [1.54, 1.807) is 5.57 Å². The molecule has 1 N–H and O–H groups in total. The summed E-state index contributed by atoms with van der Waals surface area (Å²) in [7, 11) is 2.12. The molecule has 134 valence electrons. The van der Waals surface area contributed by atoms with Crippen molar-refractivity contribution in [2.45, 2.75) is 78.2 Å². The zero-order valence-corrected chi connectivity index (χ0v) is 16.0. The molecule has 0 amide bonds. The number of rotatable bonds is 2. The molecule has 4 aliphatic rings. The van der Waals surface area contributed by atoms with E-state index in [4.69, 9.17) is 0 Å². The number of ketones is 1. The average Bonchev–Trinajstić information content (AvgIpc) is 2.91. The van der Waals surface area contributed by atoms with Crippen LogP contribution in [0.2, 0.25) is 0 Å². The normalized spacial score (nSPS) is 50.5. The maximum atomic E-state index is 12.2. The summed E-state index contributed by atoms with van der Waals surface area (Å²) >= 11 is 0. The Bertz CT molecular complexity index is 566. The Hall–Kier alpha value is -0.630. The van der Waals surface area contributed by atoms with Crippen LogP contribution in [-0.4, -0.2) is 18.9 Å². The first-order valence-corrected chi connectivity index (χ1v) is 10.3. The number of carbonyl (C=O) groups excluding carboxylic acids is 1. The lowest BCUT2D eigenvalue weighted by molar-refractivity contribution is -0.127. The van der Waals surface area contributed by atoms with Crippen LogP contribution in [0, 0.1) is 34.5 Å². The lowest BCUT2D eigenvalue weighted by Gasteiger charge is -2.58. The molecule has 0 aliphatic heterocycles.